The van der Waals surface area contributed by atoms with Crippen LogP contribution in [-0.2, 0) is 6.73 Å². The number of nitrogens with zero attached hydrogens (tertiary/aromatic N) is 2. The number of carbonyl (C=O) groups is 1. The lowest BCUT2D eigenvalue weighted by Gasteiger charge is -2.05. The molecule has 0 spiro atoms. The van der Waals surface area contributed by atoms with Crippen molar-refractivity contribution in [1.29, 1.82) is 0 Å². The second-order valence-corrected chi connectivity index (χ2v) is 3.71. The van der Waals surface area contributed by atoms with E-state index in [9.17, 15) is 4.79 Å². The summed E-state index contributed by atoms with van der Waals surface area (Å²) < 4.78 is 6.78. The number of ether oxygens (including phenoxy) is 1. The van der Waals surface area contributed by atoms with Crippen LogP contribution in [0.15, 0.2) is 36.5 Å². The van der Waals surface area contributed by atoms with Crippen molar-refractivity contribution in [2.75, 3.05) is 0 Å². The number of carboxylic acids is 1. The first-order chi connectivity index (χ1) is 8.15. The Morgan fingerprint density at radius 3 is 2.94 bits per heavy atom. The first-order valence-electron chi connectivity index (χ1n) is 4.80. The van der Waals surface area contributed by atoms with E-state index in [2.05, 4.69) is 5.10 Å². The molecule has 0 amide bonds. The third-order valence-corrected chi connectivity index (χ3v) is 2.25. The van der Waals surface area contributed by atoms with Crippen molar-refractivity contribution in [1.82, 2.24) is 9.78 Å². The van der Waals surface area contributed by atoms with Gasteiger partial charge in [-0.25, -0.2) is 9.48 Å². The number of aromatic carboxylic acids is 1. The summed E-state index contributed by atoms with van der Waals surface area (Å²) in [6.07, 6.45) is 1.54. The van der Waals surface area contributed by atoms with Crippen molar-refractivity contribution in [2.24, 2.45) is 0 Å². The van der Waals surface area contributed by atoms with E-state index < -0.39 is 5.97 Å². The lowest BCUT2D eigenvalue weighted by molar-refractivity contribution is 0.0688. The zero-order valence-corrected chi connectivity index (χ0v) is 9.46. The molecule has 0 radical (unpaired) electrons. The minimum atomic E-state index is -1.06. The van der Waals surface area contributed by atoms with Crippen LogP contribution >= 0.6 is 11.6 Å². The summed E-state index contributed by atoms with van der Waals surface area (Å²) in [6.45, 7) is 0.133. The molecule has 0 atom stereocenters. The molecule has 5 nitrogen and oxygen atoms in total. The van der Waals surface area contributed by atoms with Crippen molar-refractivity contribution in [3.05, 3.63) is 47.2 Å². The van der Waals surface area contributed by atoms with Gasteiger partial charge in [0.25, 0.3) is 0 Å². The summed E-state index contributed by atoms with van der Waals surface area (Å²) in [6, 6.07) is 8.34. The molecule has 0 fully saturated rings. The number of benzene rings is 1. The molecule has 0 saturated carbocycles. The molecule has 2 rings (SSSR count). The van der Waals surface area contributed by atoms with Crippen molar-refractivity contribution in [2.45, 2.75) is 6.73 Å². The zero-order valence-electron chi connectivity index (χ0n) is 8.71. The van der Waals surface area contributed by atoms with Crippen LogP contribution in [-0.4, -0.2) is 20.9 Å². The zero-order chi connectivity index (χ0) is 12.3. The molecule has 1 aromatic heterocycles. The molecule has 0 aliphatic carbocycles. The Hall–Kier alpha value is -2.01. The predicted octanol–water partition coefficient (Wildman–Crippen LogP) is 2.27. The quantitative estimate of drug-likeness (QED) is 0.907. The lowest BCUT2D eigenvalue weighted by atomic mass is 10.3. The fraction of sp³-hybridized carbons (Fsp3) is 0.0909. The van der Waals surface area contributed by atoms with Crippen LogP contribution in [0.4, 0.5) is 0 Å². The molecule has 6 heteroatoms. The minimum absolute atomic E-state index is 0.0142. The van der Waals surface area contributed by atoms with E-state index in [-0.39, 0.29) is 12.4 Å². The molecule has 0 aliphatic heterocycles. The second kappa shape index (κ2) is 4.88. The van der Waals surface area contributed by atoms with Gasteiger partial charge >= 0.3 is 5.97 Å². The Kier molecular flexibility index (Phi) is 3.30. The van der Waals surface area contributed by atoms with E-state index in [1.807, 2.05) is 0 Å². The molecule has 0 unspecified atom stereocenters. The van der Waals surface area contributed by atoms with Crippen LogP contribution in [0.5, 0.6) is 5.75 Å². The Labute approximate surface area is 102 Å². The van der Waals surface area contributed by atoms with E-state index >= 15 is 0 Å². The summed E-state index contributed by atoms with van der Waals surface area (Å²) in [5.74, 6) is -0.462. The van der Waals surface area contributed by atoms with Crippen LogP contribution in [0.3, 0.4) is 0 Å². The average Bonchev–Trinajstić information content (AvgIpc) is 2.75. The van der Waals surface area contributed by atoms with E-state index in [1.54, 1.807) is 24.3 Å². The number of rotatable bonds is 4. The Bertz CT molecular complexity index is 539. The number of halogens is 1. The summed E-state index contributed by atoms with van der Waals surface area (Å²) in [5, 5.41) is 13.1. The van der Waals surface area contributed by atoms with Gasteiger partial charge in [-0.1, -0.05) is 17.7 Å². The largest absolute Gasteiger partial charge is 0.476 e. The van der Waals surface area contributed by atoms with Crippen molar-refractivity contribution in [3.8, 4) is 5.75 Å². The second-order valence-electron chi connectivity index (χ2n) is 3.28. The van der Waals surface area contributed by atoms with Crippen LogP contribution in [0.2, 0.25) is 5.02 Å². The number of carboxylic acid groups (broad SMARTS) is 1. The number of aromatic nitrogens is 2. The maximum Gasteiger partial charge on any atom is 0.356 e. The number of hydrogen-bond donors (Lipinski definition) is 1. The summed E-state index contributed by atoms with van der Waals surface area (Å²) in [5.41, 5.74) is -0.0142. The smallest absolute Gasteiger partial charge is 0.356 e. The Morgan fingerprint density at radius 2 is 2.29 bits per heavy atom. The van der Waals surface area contributed by atoms with Crippen LogP contribution in [0, 0.1) is 0 Å². The van der Waals surface area contributed by atoms with Gasteiger partial charge in [-0.15, -0.1) is 0 Å². The molecule has 1 heterocycles. The van der Waals surface area contributed by atoms with E-state index in [4.69, 9.17) is 21.4 Å². The maximum atomic E-state index is 10.6. The van der Waals surface area contributed by atoms with Gasteiger partial charge in [0.15, 0.2) is 12.4 Å². The van der Waals surface area contributed by atoms with Crippen LogP contribution in [0.25, 0.3) is 0 Å². The summed E-state index contributed by atoms with van der Waals surface area (Å²) in [7, 11) is 0. The predicted molar refractivity (Wildman–Crippen MR) is 61.3 cm³/mol. The highest BCUT2D eigenvalue weighted by atomic mass is 35.5. The molecular formula is C11H9ClN2O3. The highest BCUT2D eigenvalue weighted by Crippen LogP contribution is 2.17. The normalized spacial score (nSPS) is 10.2. The molecule has 88 valence electrons. The van der Waals surface area contributed by atoms with Crippen molar-refractivity contribution in [3.63, 3.8) is 0 Å². The average molecular weight is 253 g/mol. The number of hydrogen-bond acceptors (Lipinski definition) is 3. The minimum Gasteiger partial charge on any atom is -0.476 e. The SMILES string of the molecule is O=C(O)c1ccn(COc2cccc(Cl)c2)n1. The molecule has 0 bridgehead atoms. The van der Waals surface area contributed by atoms with Crippen molar-refractivity contribution < 1.29 is 14.6 Å². The molecule has 1 aromatic carbocycles. The van der Waals surface area contributed by atoms with Gasteiger partial charge in [-0.05, 0) is 24.3 Å². The lowest BCUT2D eigenvalue weighted by Crippen LogP contribution is -2.07. The van der Waals surface area contributed by atoms with Gasteiger partial charge in [-0.3, -0.25) is 0 Å². The van der Waals surface area contributed by atoms with Gasteiger partial charge < -0.3 is 9.84 Å². The third-order valence-electron chi connectivity index (χ3n) is 2.02. The monoisotopic (exact) mass is 252 g/mol. The first-order valence-corrected chi connectivity index (χ1v) is 5.18. The highest BCUT2D eigenvalue weighted by molar-refractivity contribution is 6.30. The van der Waals surface area contributed by atoms with Gasteiger partial charge in [-0.2, -0.15) is 5.10 Å². The van der Waals surface area contributed by atoms with E-state index in [0.29, 0.717) is 10.8 Å². The topological polar surface area (TPSA) is 64.3 Å². The maximum absolute atomic E-state index is 10.6. The van der Waals surface area contributed by atoms with Gasteiger partial charge in [0.1, 0.15) is 5.75 Å². The molecule has 17 heavy (non-hydrogen) atoms. The third kappa shape index (κ3) is 2.98. The molecule has 0 aliphatic rings. The van der Waals surface area contributed by atoms with Crippen molar-refractivity contribution >= 4 is 17.6 Å². The van der Waals surface area contributed by atoms with Crippen LogP contribution < -0.4 is 4.74 Å². The van der Waals surface area contributed by atoms with Crippen LogP contribution in [0.1, 0.15) is 10.5 Å². The fourth-order valence-electron chi connectivity index (χ4n) is 1.25. The van der Waals surface area contributed by atoms with E-state index in [0.717, 1.165) is 0 Å². The summed E-state index contributed by atoms with van der Waals surface area (Å²) in [4.78, 5) is 10.6. The summed E-state index contributed by atoms with van der Waals surface area (Å²) >= 11 is 5.79. The molecule has 1 N–H and O–H groups in total. The standard InChI is InChI=1S/C11H9ClN2O3/c12-8-2-1-3-9(6-8)17-7-14-5-4-10(13-14)11(15)16/h1-6H,7H2,(H,15,16). The Morgan fingerprint density at radius 1 is 1.47 bits per heavy atom. The molecule has 2 aromatic rings. The van der Waals surface area contributed by atoms with Gasteiger partial charge in [0.05, 0.1) is 0 Å². The van der Waals surface area contributed by atoms with Gasteiger partial charge in [0, 0.05) is 11.2 Å². The first kappa shape index (κ1) is 11.5. The Balaban J connectivity index is 2.00. The van der Waals surface area contributed by atoms with Gasteiger partial charge in [0.2, 0.25) is 0 Å². The fourth-order valence-corrected chi connectivity index (χ4v) is 1.43. The molecular weight excluding hydrogens is 244 g/mol. The molecule has 0 saturated heterocycles. The highest BCUT2D eigenvalue weighted by Gasteiger charge is 2.06. The van der Waals surface area contributed by atoms with E-state index in [1.165, 1.54) is 16.9 Å².